The molecular formula is C78H99N9O19. The number of fused-ring (bicyclic) bond motifs is 2. The average molecular weight is 1470 g/mol. The van der Waals surface area contributed by atoms with Gasteiger partial charge in [0.05, 0.1) is 41.2 Å². The van der Waals surface area contributed by atoms with Crippen LogP contribution in [0.25, 0.3) is 38.7 Å². The Hall–Kier alpha value is -10.0. The smallest absolute Gasteiger partial charge is 0.312 e. The SMILES string of the molecule is CO[C@H]1/C=C/O[C@@]2(C)Oc3c(C)c(O)c4c(=O)c(c5oc6cc(N7CCC(N(C)Cc8ccc(NC(=O)[C@H](CCCNC(N)=O)CC(=O)[C@@H](NC(=O)CCCCCN9C(=O)C=CC9=O)C(C)C)cc8)CC7)cc(=O)c6nc5c4c3=C2O)NC(=O)/C(C)=C\C=C\[C@H](C)[C@H](O)[C@@H](C)[C@@H](O)[C@@H](C)[C@H](OC(C)=O)[C@@H]1C. The van der Waals surface area contributed by atoms with E-state index < -0.39 is 118 Å². The Labute approximate surface area is 614 Å². The maximum absolute atomic E-state index is 15.2. The number of nitrogens with two attached hydrogens (primary N) is 1. The van der Waals surface area contributed by atoms with Crippen LogP contribution in [0.1, 0.15) is 131 Å². The zero-order valence-electron chi connectivity index (χ0n) is 62.1. The molecule has 1 fully saturated rings. The van der Waals surface area contributed by atoms with Crippen molar-refractivity contribution in [3.63, 3.8) is 0 Å². The van der Waals surface area contributed by atoms with Crippen LogP contribution < -0.4 is 52.7 Å². The van der Waals surface area contributed by atoms with Gasteiger partial charge in [0.2, 0.25) is 22.7 Å². The fraction of sp³-hybridized carbons (Fsp3) is 0.500. The van der Waals surface area contributed by atoms with Crippen molar-refractivity contribution < 1.29 is 82.1 Å². The van der Waals surface area contributed by atoms with Gasteiger partial charge in [-0.3, -0.25) is 53.0 Å². The van der Waals surface area contributed by atoms with Gasteiger partial charge in [-0.25, -0.2) is 9.78 Å². The minimum atomic E-state index is -2.05. The van der Waals surface area contributed by atoms with Gasteiger partial charge in [0.1, 0.15) is 28.8 Å². The van der Waals surface area contributed by atoms with Crippen molar-refractivity contribution in [2.24, 2.45) is 41.2 Å². The molecule has 0 aliphatic carbocycles. The Balaban J connectivity index is 0.931. The van der Waals surface area contributed by atoms with Crippen LogP contribution in [0.15, 0.2) is 98.7 Å². The van der Waals surface area contributed by atoms with E-state index >= 15 is 4.79 Å². The molecule has 28 nitrogen and oxygen atoms in total. The minimum absolute atomic E-state index is 0.0110. The number of allylic oxidation sites excluding steroid dienone is 2. The number of unbranched alkanes of at least 4 members (excludes halogenated alkanes) is 2. The highest BCUT2D eigenvalue weighted by Crippen LogP contribution is 2.43. The predicted octanol–water partition coefficient (Wildman–Crippen LogP) is 7.25. The number of primary amides is 1. The number of hydrogen-bond acceptors (Lipinski definition) is 22. The molecule has 4 aromatic carbocycles. The summed E-state index contributed by atoms with van der Waals surface area (Å²) in [5.41, 5.74) is 4.69. The summed E-state index contributed by atoms with van der Waals surface area (Å²) in [6.07, 6.45) is 9.15. The lowest BCUT2D eigenvalue weighted by atomic mass is 9.78. The van der Waals surface area contributed by atoms with E-state index in [1.807, 2.05) is 24.1 Å². The van der Waals surface area contributed by atoms with Gasteiger partial charge >= 0.3 is 17.8 Å². The molecule has 0 radical (unpaired) electrons. The Kier molecular flexibility index (Phi) is 26.0. The van der Waals surface area contributed by atoms with Gasteiger partial charge < -0.3 is 75.7 Å². The van der Waals surface area contributed by atoms with Crippen molar-refractivity contribution >= 4 is 103 Å². The zero-order valence-corrected chi connectivity index (χ0v) is 62.1. The Morgan fingerprint density at radius 1 is 0.877 bits per heavy atom. The standard InChI is InChI=1S/C78H99N9O19/c1-40(2)63(82-57(91)21-14-13-15-32-87-58(92)26-27-59(87)93)53(89)36-49(20-17-31-80-77(79)101)76(100)81-50-24-22-48(23-25-50)39-85(11)51-28-33-86(34-29-51)52-37-54(90)64-56(38-52)105-73-65(83-64)60-61-69(96)46(8)72-62(60)74(98)78(10,106-72)103-35-30-55(102-12)43(5)71(104-47(9)88)45(7)68(95)44(6)67(94)41(3)18-16-19-42(4)75(99)84-66(73)70(61)97/h16,18-19,22-27,30,35,37-38,40-41,43-45,49,51,55,63,67-68,71,94-96,98H,13-15,17,20-21,28-29,31-34,36,39H2,1-12H3,(H,81,100)(H,82,91)(H,84,99)(H3,79,80,101)/b18-16+,35-30+,42-19-/t41-,43+,44+,45+,49+,55-,63-,67-,68+,71+,78-/m0/s1. The van der Waals surface area contributed by atoms with Crippen LogP contribution in [0.5, 0.6) is 11.5 Å². The molecule has 0 spiro atoms. The summed E-state index contributed by atoms with van der Waals surface area (Å²) in [5, 5.41) is 58.1. The number of phenolic OH excluding ortho intramolecular Hbond substituents is 1. The number of esters is 1. The number of carbonyl (C=O) groups is 8. The first kappa shape index (κ1) is 80.1. The molecule has 5 heterocycles. The van der Waals surface area contributed by atoms with Crippen molar-refractivity contribution in [2.75, 3.05) is 55.9 Å². The number of rotatable bonds is 23. The van der Waals surface area contributed by atoms with Gasteiger partial charge in [-0.1, -0.05) is 78.3 Å². The second-order valence-corrected chi connectivity index (χ2v) is 28.9. The van der Waals surface area contributed by atoms with Crippen molar-refractivity contribution in [1.82, 2.24) is 25.4 Å². The van der Waals surface area contributed by atoms with E-state index in [4.69, 9.17) is 34.1 Å². The molecule has 5 aromatic rings. The number of nitrogens with one attached hydrogen (secondary N) is 4. The fourth-order valence-corrected chi connectivity index (χ4v) is 14.5. The summed E-state index contributed by atoms with van der Waals surface area (Å²) >= 11 is 0. The molecule has 0 unspecified atom stereocenters. The molecule has 4 aliphatic heterocycles. The molecule has 28 heteroatoms. The first-order chi connectivity index (χ1) is 50.2. The van der Waals surface area contributed by atoms with E-state index in [1.165, 1.54) is 71.4 Å². The van der Waals surface area contributed by atoms with E-state index in [-0.39, 0.29) is 123 Å². The van der Waals surface area contributed by atoms with Crippen LogP contribution in [0.2, 0.25) is 0 Å². The van der Waals surface area contributed by atoms with Gasteiger partial charge in [-0.05, 0) is 89.1 Å². The molecule has 0 saturated carbocycles. The summed E-state index contributed by atoms with van der Waals surface area (Å²) in [6.45, 7) is 18.0. The maximum Gasteiger partial charge on any atom is 0.312 e. The molecule has 570 valence electrons. The molecule has 9 rings (SSSR count). The number of anilines is 3. The zero-order chi connectivity index (χ0) is 77.3. The topological polar surface area (TPSA) is 398 Å². The lowest BCUT2D eigenvalue weighted by Gasteiger charge is -2.38. The van der Waals surface area contributed by atoms with Gasteiger partial charge in [-0.15, -0.1) is 0 Å². The number of piperidine rings is 1. The van der Waals surface area contributed by atoms with Gasteiger partial charge in [0.25, 0.3) is 17.7 Å². The number of amides is 7. The number of aliphatic hydroxyl groups is 3. The van der Waals surface area contributed by atoms with Crippen molar-refractivity contribution in [1.29, 1.82) is 0 Å². The predicted molar refractivity (Wildman–Crippen MR) is 398 cm³/mol. The summed E-state index contributed by atoms with van der Waals surface area (Å²) < 4.78 is 30.8. The van der Waals surface area contributed by atoms with E-state index in [9.17, 15) is 63.6 Å². The number of aromatic hydroxyl groups is 1. The fourth-order valence-electron chi connectivity index (χ4n) is 14.5. The third kappa shape index (κ3) is 18.1. The number of phenols is 1. The number of ether oxygens (including phenoxy) is 4. The highest BCUT2D eigenvalue weighted by Gasteiger charge is 2.45. The number of methoxy groups -OCH3 is 1. The lowest BCUT2D eigenvalue weighted by Crippen LogP contribution is -2.46. The highest BCUT2D eigenvalue weighted by atomic mass is 16.7. The first-order valence-electron chi connectivity index (χ1n) is 36.1. The third-order valence-corrected chi connectivity index (χ3v) is 20.9. The van der Waals surface area contributed by atoms with Gasteiger partial charge in [0, 0.05) is 154 Å². The largest absolute Gasteiger partial charge is 0.507 e. The number of hydrogen-bond donors (Lipinski definition) is 9. The number of carbonyl (C=O) groups excluding carboxylic acids is 8. The van der Waals surface area contributed by atoms with Gasteiger partial charge in [0.15, 0.2) is 28.2 Å². The monoisotopic (exact) mass is 1470 g/mol. The normalized spacial score (nSPS) is 24.2. The Morgan fingerprint density at radius 3 is 2.22 bits per heavy atom. The van der Waals surface area contributed by atoms with Gasteiger partial charge in [-0.2, -0.15) is 0 Å². The van der Waals surface area contributed by atoms with Crippen LogP contribution in [-0.2, 0) is 54.3 Å². The molecule has 4 bridgehead atoms. The van der Waals surface area contributed by atoms with Crippen LogP contribution in [0.4, 0.5) is 21.9 Å². The minimum Gasteiger partial charge on any atom is -0.507 e. The van der Waals surface area contributed by atoms with E-state index in [2.05, 4.69) is 26.2 Å². The summed E-state index contributed by atoms with van der Waals surface area (Å²) in [6, 6.07) is 8.92. The molecule has 11 atom stereocenters. The van der Waals surface area contributed by atoms with E-state index in [1.54, 1.807) is 71.9 Å². The number of imide groups is 1. The Bertz CT molecular complexity index is 4490. The van der Waals surface area contributed by atoms with Crippen LogP contribution >= 0.6 is 0 Å². The number of benzene rings is 4. The number of aromatic nitrogens is 1. The molecule has 10 N–H and O–H groups in total. The number of nitrogens with zero attached hydrogens (tertiary/aromatic N) is 4. The molecule has 7 amide bonds. The highest BCUT2D eigenvalue weighted by molar-refractivity contribution is 6.17. The number of urea groups is 1. The quantitative estimate of drug-likeness (QED) is 0.0102. The lowest BCUT2D eigenvalue weighted by molar-refractivity contribution is -0.160. The molecule has 1 saturated heterocycles. The Morgan fingerprint density at radius 2 is 1.57 bits per heavy atom. The summed E-state index contributed by atoms with van der Waals surface area (Å²) in [4.78, 5) is 143. The van der Waals surface area contributed by atoms with Crippen LogP contribution in [0, 0.1) is 42.4 Å². The van der Waals surface area contributed by atoms with Crippen molar-refractivity contribution in [3.05, 3.63) is 121 Å². The molecule has 1 aromatic heterocycles. The summed E-state index contributed by atoms with van der Waals surface area (Å²) in [5.74, 6) is -10.3. The van der Waals surface area contributed by atoms with E-state index in [0.717, 1.165) is 10.5 Å². The first-order valence-corrected chi connectivity index (χ1v) is 36.1. The second-order valence-electron chi connectivity index (χ2n) is 28.9. The molecular weight excluding hydrogens is 1370 g/mol. The van der Waals surface area contributed by atoms with E-state index in [0.29, 0.717) is 69.5 Å². The molecule has 4 aliphatic rings. The molecule has 106 heavy (non-hydrogen) atoms. The van der Waals surface area contributed by atoms with Crippen molar-refractivity contribution in [3.8, 4) is 11.5 Å². The number of aliphatic hydroxyl groups excluding tert-OH is 3. The van der Waals surface area contributed by atoms with Crippen LogP contribution in [-0.4, -0.2) is 165 Å². The number of Topliss-reactive ketones (excluding diaryl/α,β-unsaturated/α-hetero) is 1. The second kappa shape index (κ2) is 34.5. The third-order valence-electron chi connectivity index (χ3n) is 20.9. The summed E-state index contributed by atoms with van der Waals surface area (Å²) in [7, 11) is 3.44. The average Bonchev–Trinajstić information content (AvgIpc) is 1.42. The van der Waals surface area contributed by atoms with Crippen molar-refractivity contribution in [2.45, 2.75) is 176 Å². The number of ketones is 1. The maximum atomic E-state index is 15.2. The van der Waals surface area contributed by atoms with Crippen LogP contribution in [0.3, 0.4) is 0 Å².